The monoisotopic (exact) mass is 612 g/mol. The summed E-state index contributed by atoms with van der Waals surface area (Å²) in [7, 11) is 0. The van der Waals surface area contributed by atoms with Crippen molar-refractivity contribution in [3.63, 3.8) is 0 Å². The predicted octanol–water partition coefficient (Wildman–Crippen LogP) is 2.80. The van der Waals surface area contributed by atoms with Gasteiger partial charge in [-0.15, -0.1) is 0 Å². The van der Waals surface area contributed by atoms with E-state index in [9.17, 15) is 14.7 Å². The molecule has 7 nitrogen and oxygen atoms in total. The summed E-state index contributed by atoms with van der Waals surface area (Å²) in [6.45, 7) is -1.17. The van der Waals surface area contributed by atoms with Gasteiger partial charge in [-0.1, -0.05) is 12.1 Å². The summed E-state index contributed by atoms with van der Waals surface area (Å²) < 4.78 is 22.3. The molecule has 2 aromatic rings. The SMILES string of the molecule is O=C(COc1cccc(I)c1)OCC(O)COC(=O)COc1cccc(I)c1. The minimum Gasteiger partial charge on any atom is -0.482 e. The fourth-order valence-electron chi connectivity index (χ4n) is 1.91. The number of hydrogen-bond acceptors (Lipinski definition) is 7. The highest BCUT2D eigenvalue weighted by atomic mass is 127. The van der Waals surface area contributed by atoms with E-state index in [4.69, 9.17) is 18.9 Å². The average molecular weight is 612 g/mol. The second-order valence-corrected chi connectivity index (χ2v) is 8.00. The van der Waals surface area contributed by atoms with Gasteiger partial charge in [0.15, 0.2) is 13.2 Å². The van der Waals surface area contributed by atoms with E-state index in [1.54, 1.807) is 24.3 Å². The van der Waals surface area contributed by atoms with Gasteiger partial charge in [-0.3, -0.25) is 0 Å². The van der Waals surface area contributed by atoms with Gasteiger partial charge in [0.05, 0.1) is 0 Å². The van der Waals surface area contributed by atoms with E-state index in [-0.39, 0.29) is 26.4 Å². The van der Waals surface area contributed by atoms with Crippen LogP contribution in [-0.4, -0.2) is 49.6 Å². The molecule has 150 valence electrons. The predicted molar refractivity (Wildman–Crippen MR) is 117 cm³/mol. The number of aliphatic hydroxyl groups is 1. The first kappa shape index (κ1) is 22.7. The molecule has 0 bridgehead atoms. The number of ether oxygens (including phenoxy) is 4. The van der Waals surface area contributed by atoms with Crippen LogP contribution in [0.25, 0.3) is 0 Å². The van der Waals surface area contributed by atoms with Gasteiger partial charge in [-0.05, 0) is 81.6 Å². The quantitative estimate of drug-likeness (QED) is 0.326. The lowest BCUT2D eigenvalue weighted by atomic mass is 10.3. The molecule has 0 radical (unpaired) electrons. The van der Waals surface area contributed by atoms with Crippen molar-refractivity contribution in [3.05, 3.63) is 55.7 Å². The fraction of sp³-hybridized carbons (Fsp3) is 0.263. The van der Waals surface area contributed by atoms with E-state index in [1.807, 2.05) is 24.3 Å². The van der Waals surface area contributed by atoms with Crippen molar-refractivity contribution in [3.8, 4) is 11.5 Å². The Balaban J connectivity index is 1.59. The zero-order chi connectivity index (χ0) is 20.4. The lowest BCUT2D eigenvalue weighted by molar-refractivity contribution is -0.154. The third-order valence-electron chi connectivity index (χ3n) is 3.18. The van der Waals surface area contributed by atoms with Crippen LogP contribution in [0.4, 0.5) is 0 Å². The summed E-state index contributed by atoms with van der Waals surface area (Å²) in [5.41, 5.74) is 0. The Kier molecular flexibility index (Phi) is 9.78. The molecule has 28 heavy (non-hydrogen) atoms. The molecular weight excluding hydrogens is 594 g/mol. The topological polar surface area (TPSA) is 91.3 Å². The van der Waals surface area contributed by atoms with Gasteiger partial charge < -0.3 is 24.1 Å². The minimum absolute atomic E-state index is 0.281. The molecule has 0 unspecified atom stereocenters. The van der Waals surface area contributed by atoms with Crippen LogP contribution in [0.3, 0.4) is 0 Å². The van der Waals surface area contributed by atoms with Crippen LogP contribution in [0.5, 0.6) is 11.5 Å². The summed E-state index contributed by atoms with van der Waals surface area (Å²) in [5.74, 6) is -0.171. The van der Waals surface area contributed by atoms with Crippen molar-refractivity contribution in [2.45, 2.75) is 6.10 Å². The zero-order valence-electron chi connectivity index (χ0n) is 14.7. The largest absolute Gasteiger partial charge is 0.482 e. The van der Waals surface area contributed by atoms with E-state index < -0.39 is 18.0 Å². The second kappa shape index (κ2) is 12.1. The highest BCUT2D eigenvalue weighted by Crippen LogP contribution is 2.15. The van der Waals surface area contributed by atoms with Crippen molar-refractivity contribution in [2.24, 2.45) is 0 Å². The van der Waals surface area contributed by atoms with E-state index in [0.29, 0.717) is 11.5 Å². The molecule has 0 heterocycles. The van der Waals surface area contributed by atoms with E-state index >= 15 is 0 Å². The third-order valence-corrected chi connectivity index (χ3v) is 4.52. The molecule has 0 saturated heterocycles. The van der Waals surface area contributed by atoms with Gasteiger partial charge in [0, 0.05) is 7.14 Å². The molecule has 0 fully saturated rings. The van der Waals surface area contributed by atoms with Gasteiger partial charge in [0.2, 0.25) is 0 Å². The lowest BCUT2D eigenvalue weighted by Crippen LogP contribution is -2.28. The fourth-order valence-corrected chi connectivity index (χ4v) is 2.94. The van der Waals surface area contributed by atoms with Gasteiger partial charge in [-0.2, -0.15) is 0 Å². The summed E-state index contributed by atoms with van der Waals surface area (Å²) in [5, 5.41) is 9.75. The van der Waals surface area contributed by atoms with Crippen molar-refractivity contribution in [2.75, 3.05) is 26.4 Å². The molecule has 0 amide bonds. The van der Waals surface area contributed by atoms with Crippen LogP contribution in [0, 0.1) is 7.14 Å². The molecule has 0 atom stereocenters. The van der Waals surface area contributed by atoms with Crippen LogP contribution < -0.4 is 9.47 Å². The average Bonchev–Trinajstić information content (AvgIpc) is 2.67. The molecule has 0 aromatic heterocycles. The first-order valence-corrected chi connectivity index (χ1v) is 10.3. The Morgan fingerprint density at radius 1 is 0.821 bits per heavy atom. The van der Waals surface area contributed by atoms with Crippen LogP contribution in [0.15, 0.2) is 48.5 Å². The molecular formula is C19H18I2O7. The van der Waals surface area contributed by atoms with E-state index in [0.717, 1.165) is 7.14 Å². The lowest BCUT2D eigenvalue weighted by Gasteiger charge is -2.13. The highest BCUT2D eigenvalue weighted by Gasteiger charge is 2.13. The number of carbonyl (C=O) groups is 2. The number of rotatable bonds is 10. The molecule has 0 aliphatic rings. The number of esters is 2. The summed E-state index contributed by atoms with van der Waals surface area (Å²) in [4.78, 5) is 23.3. The number of aliphatic hydroxyl groups excluding tert-OH is 1. The first-order valence-electron chi connectivity index (χ1n) is 8.18. The van der Waals surface area contributed by atoms with Crippen molar-refractivity contribution >= 4 is 57.1 Å². The second-order valence-electron chi connectivity index (χ2n) is 5.51. The molecule has 2 aromatic carbocycles. The Hall–Kier alpha value is -1.60. The van der Waals surface area contributed by atoms with Crippen LogP contribution in [0.2, 0.25) is 0 Å². The van der Waals surface area contributed by atoms with E-state index in [2.05, 4.69) is 45.2 Å². The summed E-state index contributed by atoms with van der Waals surface area (Å²) in [6.07, 6.45) is -1.14. The molecule has 9 heteroatoms. The molecule has 0 saturated carbocycles. The molecule has 0 aliphatic heterocycles. The van der Waals surface area contributed by atoms with Gasteiger partial charge in [0.25, 0.3) is 0 Å². The smallest absolute Gasteiger partial charge is 0.344 e. The molecule has 1 N–H and O–H groups in total. The standard InChI is InChI=1S/C19H18I2O7/c20-13-3-1-5-16(7-13)25-11-18(23)27-9-15(22)10-28-19(24)12-26-17-6-2-4-14(21)8-17/h1-8,15,22H,9-12H2. The Morgan fingerprint density at radius 2 is 1.25 bits per heavy atom. The third kappa shape index (κ3) is 9.06. The summed E-state index contributed by atoms with van der Waals surface area (Å²) in [6, 6.07) is 14.4. The van der Waals surface area contributed by atoms with E-state index in [1.165, 1.54) is 0 Å². The maximum absolute atomic E-state index is 11.6. The van der Waals surface area contributed by atoms with Gasteiger partial charge in [-0.25, -0.2) is 9.59 Å². The van der Waals surface area contributed by atoms with Crippen LogP contribution in [-0.2, 0) is 19.1 Å². The van der Waals surface area contributed by atoms with Crippen molar-refractivity contribution in [1.82, 2.24) is 0 Å². The maximum atomic E-state index is 11.6. The summed E-state index contributed by atoms with van der Waals surface area (Å²) >= 11 is 4.27. The number of hydrogen-bond donors (Lipinski definition) is 1. The number of halogens is 2. The van der Waals surface area contributed by atoms with Gasteiger partial charge >= 0.3 is 11.9 Å². The van der Waals surface area contributed by atoms with Crippen molar-refractivity contribution in [1.29, 1.82) is 0 Å². The van der Waals surface area contributed by atoms with Gasteiger partial charge in [0.1, 0.15) is 30.8 Å². The van der Waals surface area contributed by atoms with Crippen LogP contribution >= 0.6 is 45.2 Å². The Labute approximate surface area is 189 Å². The Morgan fingerprint density at radius 3 is 1.64 bits per heavy atom. The number of benzene rings is 2. The van der Waals surface area contributed by atoms with Crippen molar-refractivity contribution < 1.29 is 33.6 Å². The maximum Gasteiger partial charge on any atom is 0.344 e. The molecule has 2 rings (SSSR count). The molecule has 0 spiro atoms. The first-order chi connectivity index (χ1) is 13.4. The Bertz CT molecular complexity index is 732. The minimum atomic E-state index is -1.14. The molecule has 0 aliphatic carbocycles. The van der Waals surface area contributed by atoms with Crippen LogP contribution in [0.1, 0.15) is 0 Å². The normalized spacial score (nSPS) is 10.4. The highest BCUT2D eigenvalue weighted by molar-refractivity contribution is 14.1. The number of carbonyl (C=O) groups excluding carboxylic acids is 2. The zero-order valence-corrected chi connectivity index (χ0v) is 19.0.